The van der Waals surface area contributed by atoms with Crippen LogP contribution in [0.2, 0.25) is 0 Å². The van der Waals surface area contributed by atoms with Crippen LogP contribution in [-0.4, -0.2) is 50.5 Å². The van der Waals surface area contributed by atoms with Gasteiger partial charge in [0.1, 0.15) is 0 Å². The van der Waals surface area contributed by atoms with Gasteiger partial charge in [-0.2, -0.15) is 0 Å². The summed E-state index contributed by atoms with van der Waals surface area (Å²) in [5.41, 5.74) is 2.42. The first-order valence-electron chi connectivity index (χ1n) is 9.39. The number of carbonyl (C=O) groups is 3. The number of benzene rings is 2. The number of aromatic carboxylic acids is 1. The monoisotopic (exact) mass is 424 g/mol. The third-order valence-electron chi connectivity index (χ3n) is 4.62. The molecule has 2 unspecified atom stereocenters. The van der Waals surface area contributed by atoms with E-state index < -0.39 is 35.7 Å². The summed E-state index contributed by atoms with van der Waals surface area (Å²) in [5.74, 6) is -3.85. The molecule has 9 heteroatoms. The van der Waals surface area contributed by atoms with Crippen LogP contribution < -0.4 is 5.32 Å². The average molecular weight is 424 g/mol. The van der Waals surface area contributed by atoms with E-state index in [0.717, 1.165) is 22.8 Å². The number of nitrogens with one attached hydrogen (secondary N) is 1. The van der Waals surface area contributed by atoms with Crippen LogP contribution in [0.15, 0.2) is 65.2 Å². The molecule has 1 heterocycles. The molecule has 2 atom stereocenters. The highest BCUT2D eigenvalue weighted by Gasteiger charge is 2.24. The number of carboxylic acid groups (broad SMARTS) is 2. The Balaban J connectivity index is 1.74. The number of hydrogen-bond acceptors (Lipinski definition) is 6. The second kappa shape index (κ2) is 9.68. The van der Waals surface area contributed by atoms with Gasteiger partial charge in [-0.05, 0) is 23.1 Å². The van der Waals surface area contributed by atoms with Crippen LogP contribution in [0.1, 0.15) is 33.0 Å². The topological polar surface area (TPSA) is 150 Å². The number of amides is 1. The summed E-state index contributed by atoms with van der Waals surface area (Å²) in [5, 5.41) is 33.5. The highest BCUT2D eigenvalue weighted by atomic mass is 16.5. The Kier molecular flexibility index (Phi) is 6.78. The smallest absolute Gasteiger partial charge is 0.358 e. The third kappa shape index (κ3) is 5.77. The van der Waals surface area contributed by atoms with Crippen molar-refractivity contribution in [1.82, 2.24) is 10.5 Å². The second-order valence-electron chi connectivity index (χ2n) is 6.91. The van der Waals surface area contributed by atoms with Gasteiger partial charge < -0.3 is 25.2 Å². The quantitative estimate of drug-likeness (QED) is 0.408. The summed E-state index contributed by atoms with van der Waals surface area (Å²) >= 11 is 0. The lowest BCUT2D eigenvalue weighted by molar-refractivity contribution is -0.147. The van der Waals surface area contributed by atoms with E-state index in [1.165, 1.54) is 0 Å². The van der Waals surface area contributed by atoms with E-state index in [4.69, 9.17) is 14.7 Å². The Morgan fingerprint density at radius 1 is 0.968 bits per heavy atom. The minimum Gasteiger partial charge on any atom is -0.479 e. The maximum absolute atomic E-state index is 12.4. The van der Waals surface area contributed by atoms with Crippen LogP contribution in [0.3, 0.4) is 0 Å². The van der Waals surface area contributed by atoms with Crippen molar-refractivity contribution < 1.29 is 34.2 Å². The van der Waals surface area contributed by atoms with Gasteiger partial charge in [0.05, 0.1) is 0 Å². The van der Waals surface area contributed by atoms with Crippen LogP contribution in [0, 0.1) is 0 Å². The van der Waals surface area contributed by atoms with E-state index in [1.54, 1.807) is 0 Å². The largest absolute Gasteiger partial charge is 0.479 e. The minimum atomic E-state index is -1.68. The number of aliphatic carboxylic acids is 1. The van der Waals surface area contributed by atoms with Gasteiger partial charge in [-0.25, -0.2) is 9.59 Å². The average Bonchev–Trinajstić information content (AvgIpc) is 3.25. The molecular weight excluding hydrogens is 404 g/mol. The third-order valence-corrected chi connectivity index (χ3v) is 4.62. The summed E-state index contributed by atoms with van der Waals surface area (Å²) in [6.45, 7) is 0. The molecule has 0 bridgehead atoms. The van der Waals surface area contributed by atoms with Crippen molar-refractivity contribution in [3.63, 3.8) is 0 Å². The molecule has 0 aliphatic rings. The van der Waals surface area contributed by atoms with E-state index in [-0.39, 0.29) is 18.6 Å². The predicted octanol–water partition coefficient (Wildman–Crippen LogP) is 2.22. The van der Waals surface area contributed by atoms with E-state index in [9.17, 15) is 19.5 Å². The van der Waals surface area contributed by atoms with E-state index in [1.807, 2.05) is 54.6 Å². The number of aromatic nitrogens is 1. The first-order chi connectivity index (χ1) is 14.8. The minimum absolute atomic E-state index is 0.241. The van der Waals surface area contributed by atoms with Crippen LogP contribution in [0.5, 0.6) is 0 Å². The van der Waals surface area contributed by atoms with Crippen molar-refractivity contribution in [2.24, 2.45) is 0 Å². The molecule has 0 aliphatic heterocycles. The molecule has 3 rings (SSSR count). The molecule has 0 saturated carbocycles. The highest BCUT2D eigenvalue weighted by molar-refractivity contribution is 5.94. The number of hydrogen-bond donors (Lipinski definition) is 4. The molecule has 3 aromatic rings. The van der Waals surface area contributed by atoms with Crippen molar-refractivity contribution >= 4 is 17.8 Å². The van der Waals surface area contributed by atoms with Gasteiger partial charge in [0, 0.05) is 18.5 Å². The van der Waals surface area contributed by atoms with Crippen molar-refractivity contribution in [3.05, 3.63) is 77.7 Å². The number of rotatable bonds is 9. The fourth-order valence-corrected chi connectivity index (χ4v) is 3.05. The molecule has 9 nitrogen and oxygen atoms in total. The van der Waals surface area contributed by atoms with Gasteiger partial charge in [0.2, 0.25) is 5.76 Å². The zero-order valence-electron chi connectivity index (χ0n) is 16.3. The standard InChI is InChI=1S/C22H20N2O7/c25-18(22(29)30)11-16(23-20(26)19-12-17(21(27)28)24-31-19)10-13-6-8-15(9-7-13)14-4-2-1-3-5-14/h1-9,12,16,18,25H,10-11H2,(H,23,26)(H,27,28)(H,29,30). The maximum atomic E-state index is 12.4. The first kappa shape index (κ1) is 21.7. The van der Waals surface area contributed by atoms with Crippen LogP contribution in [0.25, 0.3) is 11.1 Å². The zero-order chi connectivity index (χ0) is 22.4. The van der Waals surface area contributed by atoms with Crippen molar-refractivity contribution in [2.45, 2.75) is 25.0 Å². The molecule has 0 spiro atoms. The molecular formula is C22H20N2O7. The van der Waals surface area contributed by atoms with E-state index in [2.05, 4.69) is 10.5 Å². The summed E-state index contributed by atoms with van der Waals surface area (Å²) in [6, 6.07) is 17.5. The molecule has 31 heavy (non-hydrogen) atoms. The Labute approximate surface area is 176 Å². The SMILES string of the molecule is O=C(O)c1cc(C(=O)NC(Cc2ccc(-c3ccccc3)cc2)CC(O)C(=O)O)on1. The zero-order valence-corrected chi connectivity index (χ0v) is 16.3. The lowest BCUT2D eigenvalue weighted by atomic mass is 9.97. The van der Waals surface area contributed by atoms with Crippen LogP contribution >= 0.6 is 0 Å². The molecule has 2 aromatic carbocycles. The van der Waals surface area contributed by atoms with E-state index >= 15 is 0 Å². The van der Waals surface area contributed by atoms with Crippen LogP contribution in [0.4, 0.5) is 0 Å². The van der Waals surface area contributed by atoms with Crippen molar-refractivity contribution in [2.75, 3.05) is 0 Å². The molecule has 1 aromatic heterocycles. The van der Waals surface area contributed by atoms with Gasteiger partial charge in [0.25, 0.3) is 5.91 Å². The van der Waals surface area contributed by atoms with Gasteiger partial charge in [-0.1, -0.05) is 59.8 Å². The Morgan fingerprint density at radius 3 is 2.19 bits per heavy atom. The van der Waals surface area contributed by atoms with Gasteiger partial charge in [-0.15, -0.1) is 0 Å². The number of aliphatic hydroxyl groups is 1. The van der Waals surface area contributed by atoms with Crippen LogP contribution in [-0.2, 0) is 11.2 Å². The number of carbonyl (C=O) groups excluding carboxylic acids is 1. The predicted molar refractivity (Wildman–Crippen MR) is 109 cm³/mol. The number of nitrogens with zero attached hydrogens (tertiary/aromatic N) is 1. The van der Waals surface area contributed by atoms with Crippen molar-refractivity contribution in [3.8, 4) is 11.1 Å². The second-order valence-corrected chi connectivity index (χ2v) is 6.91. The highest BCUT2D eigenvalue weighted by Crippen LogP contribution is 2.20. The molecule has 0 radical (unpaired) electrons. The van der Waals surface area contributed by atoms with Gasteiger partial charge >= 0.3 is 11.9 Å². The molecule has 0 fully saturated rings. The molecule has 0 aliphatic carbocycles. The molecule has 4 N–H and O–H groups in total. The summed E-state index contributed by atoms with van der Waals surface area (Å²) in [7, 11) is 0. The summed E-state index contributed by atoms with van der Waals surface area (Å²) in [6.07, 6.45) is -1.69. The summed E-state index contributed by atoms with van der Waals surface area (Å²) in [4.78, 5) is 34.4. The first-order valence-corrected chi connectivity index (χ1v) is 9.39. The molecule has 0 saturated heterocycles. The lowest BCUT2D eigenvalue weighted by Crippen LogP contribution is -2.40. The summed E-state index contributed by atoms with van der Waals surface area (Å²) < 4.78 is 4.73. The van der Waals surface area contributed by atoms with Gasteiger partial charge in [0.15, 0.2) is 11.8 Å². The Hall–Kier alpha value is -3.98. The lowest BCUT2D eigenvalue weighted by Gasteiger charge is -2.20. The fraction of sp³-hybridized carbons (Fsp3) is 0.182. The van der Waals surface area contributed by atoms with Gasteiger partial charge in [-0.3, -0.25) is 4.79 Å². The Morgan fingerprint density at radius 2 is 1.61 bits per heavy atom. The number of aliphatic hydroxyl groups excluding tert-OH is 1. The Bertz CT molecular complexity index is 1060. The van der Waals surface area contributed by atoms with E-state index in [0.29, 0.717) is 0 Å². The molecule has 160 valence electrons. The fourth-order valence-electron chi connectivity index (χ4n) is 3.05. The maximum Gasteiger partial charge on any atom is 0.358 e. The normalized spacial score (nSPS) is 12.7. The van der Waals surface area contributed by atoms with Crippen molar-refractivity contribution in [1.29, 1.82) is 0 Å². The number of carboxylic acids is 2. The molecule has 1 amide bonds.